The van der Waals surface area contributed by atoms with Crippen LogP contribution in [0.1, 0.15) is 33.4 Å². The number of furan rings is 2. The van der Waals surface area contributed by atoms with Crippen LogP contribution in [0.3, 0.4) is 0 Å². The van der Waals surface area contributed by atoms with Gasteiger partial charge in [-0.1, -0.05) is 60.7 Å². The van der Waals surface area contributed by atoms with Crippen molar-refractivity contribution in [1.29, 1.82) is 0 Å². The van der Waals surface area contributed by atoms with E-state index in [0.29, 0.717) is 0 Å². The molecule has 60 heavy (non-hydrogen) atoms. The van der Waals surface area contributed by atoms with Crippen LogP contribution in [-0.4, -0.2) is 0 Å². The minimum absolute atomic E-state index is 0.852. The Kier molecular flexibility index (Phi) is 8.15. The highest BCUT2D eigenvalue weighted by Crippen LogP contribution is 2.44. The molecule has 0 atom stereocenters. The summed E-state index contributed by atoms with van der Waals surface area (Å²) in [6.07, 6.45) is 0. The second kappa shape index (κ2) is 13.6. The predicted molar refractivity (Wildman–Crippen MR) is 254 cm³/mol. The van der Waals surface area contributed by atoms with Gasteiger partial charge in [-0.15, -0.1) is 0 Å². The third kappa shape index (κ3) is 5.98. The zero-order chi connectivity index (χ0) is 40.8. The maximum absolute atomic E-state index is 6.69. The minimum atomic E-state index is 0.852. The highest BCUT2D eigenvalue weighted by Gasteiger charge is 2.20. The number of hydrogen-bond acceptors (Lipinski definition) is 4. The highest BCUT2D eigenvalue weighted by atomic mass is 16.3. The van der Waals surface area contributed by atoms with Crippen molar-refractivity contribution in [1.82, 2.24) is 0 Å². The summed E-state index contributed by atoms with van der Waals surface area (Å²) in [5.74, 6) is 0. The number of hydrogen-bond donors (Lipinski definition) is 0. The molecule has 9 aromatic carbocycles. The molecule has 0 N–H and O–H groups in total. The van der Waals surface area contributed by atoms with E-state index in [1.807, 2.05) is 0 Å². The van der Waals surface area contributed by atoms with Gasteiger partial charge in [-0.05, 0) is 194 Å². The maximum Gasteiger partial charge on any atom is 0.136 e. The molecule has 0 aliphatic carbocycles. The lowest BCUT2D eigenvalue weighted by atomic mass is 10.0. The lowest BCUT2D eigenvalue weighted by molar-refractivity contribution is 0.664. The van der Waals surface area contributed by atoms with Crippen molar-refractivity contribution in [3.63, 3.8) is 0 Å². The SMILES string of the molecule is Cc1cc(C)cc(N(c2ccc3cc4c(cc3c2)oc2cc3c(cc24)oc2cc4cc(N(c5cc(C)cc(C)c5)c5ccccc5C)ccc4cc23)c2ccccc2C)c1. The monoisotopic (exact) mass is 776 g/mol. The van der Waals surface area contributed by atoms with E-state index in [1.54, 1.807) is 0 Å². The molecular weight excluding hydrogens is 733 g/mol. The van der Waals surface area contributed by atoms with E-state index in [-0.39, 0.29) is 0 Å². The normalized spacial score (nSPS) is 11.8. The molecule has 0 spiro atoms. The molecule has 0 aliphatic rings. The molecule has 4 heteroatoms. The van der Waals surface area contributed by atoms with Crippen LogP contribution in [0.5, 0.6) is 0 Å². The van der Waals surface area contributed by atoms with Gasteiger partial charge in [0, 0.05) is 55.7 Å². The molecule has 0 saturated heterocycles. The molecule has 0 radical (unpaired) electrons. The van der Waals surface area contributed by atoms with E-state index < -0.39 is 0 Å². The Bertz CT molecular complexity index is 3260. The van der Waals surface area contributed by atoms with Gasteiger partial charge in [-0.25, -0.2) is 0 Å². The second-order valence-electron chi connectivity index (χ2n) is 16.7. The first kappa shape index (κ1) is 35.8. The van der Waals surface area contributed by atoms with Crippen LogP contribution < -0.4 is 9.80 Å². The van der Waals surface area contributed by atoms with E-state index in [1.165, 1.54) is 33.4 Å². The van der Waals surface area contributed by atoms with Crippen LogP contribution in [0.4, 0.5) is 34.1 Å². The number of para-hydroxylation sites is 2. The summed E-state index contributed by atoms with van der Waals surface area (Å²) in [4.78, 5) is 4.74. The van der Waals surface area contributed by atoms with Crippen LogP contribution in [-0.2, 0) is 0 Å². The summed E-state index contributed by atoms with van der Waals surface area (Å²) in [7, 11) is 0. The van der Waals surface area contributed by atoms with E-state index >= 15 is 0 Å². The van der Waals surface area contributed by atoms with Gasteiger partial charge in [0.15, 0.2) is 0 Å². The zero-order valence-electron chi connectivity index (χ0n) is 34.7. The summed E-state index contributed by atoms with van der Waals surface area (Å²) in [6.45, 7) is 13.0. The third-order valence-corrected chi connectivity index (χ3v) is 12.1. The van der Waals surface area contributed by atoms with Crippen LogP contribution in [0.25, 0.3) is 65.4 Å². The molecular formula is C56H44N2O2. The van der Waals surface area contributed by atoms with Gasteiger partial charge in [0.05, 0.1) is 0 Å². The lowest BCUT2D eigenvalue weighted by Crippen LogP contribution is -2.11. The Balaban J connectivity index is 1.01. The van der Waals surface area contributed by atoms with E-state index in [0.717, 1.165) is 99.5 Å². The molecule has 2 aromatic heterocycles. The van der Waals surface area contributed by atoms with Crippen LogP contribution >= 0.6 is 0 Å². The van der Waals surface area contributed by atoms with Crippen molar-refractivity contribution >= 4 is 99.5 Å². The largest absolute Gasteiger partial charge is 0.456 e. The fourth-order valence-corrected chi connectivity index (χ4v) is 9.43. The number of fused-ring (bicyclic) bond motifs is 8. The summed E-state index contributed by atoms with van der Waals surface area (Å²) >= 11 is 0. The van der Waals surface area contributed by atoms with Crippen molar-refractivity contribution in [2.45, 2.75) is 41.5 Å². The van der Waals surface area contributed by atoms with Gasteiger partial charge in [-0.2, -0.15) is 0 Å². The highest BCUT2D eigenvalue weighted by molar-refractivity contribution is 6.18. The minimum Gasteiger partial charge on any atom is -0.456 e. The number of rotatable bonds is 6. The number of aryl methyl sites for hydroxylation is 6. The Labute approximate surface area is 349 Å². The first-order valence-electron chi connectivity index (χ1n) is 20.7. The average Bonchev–Trinajstić information content (AvgIpc) is 3.74. The summed E-state index contributed by atoms with van der Waals surface area (Å²) in [5.41, 5.74) is 17.7. The lowest BCUT2D eigenvalue weighted by Gasteiger charge is -2.28. The average molecular weight is 777 g/mol. The van der Waals surface area contributed by atoms with Crippen molar-refractivity contribution in [3.8, 4) is 0 Å². The molecule has 11 rings (SSSR count). The van der Waals surface area contributed by atoms with Crippen molar-refractivity contribution in [3.05, 3.63) is 191 Å². The Morgan fingerprint density at radius 2 is 0.667 bits per heavy atom. The molecule has 0 saturated carbocycles. The van der Waals surface area contributed by atoms with E-state index in [9.17, 15) is 0 Å². The summed E-state index contributed by atoms with van der Waals surface area (Å²) in [5, 5.41) is 8.83. The van der Waals surface area contributed by atoms with Gasteiger partial charge < -0.3 is 18.6 Å². The van der Waals surface area contributed by atoms with Crippen molar-refractivity contribution in [2.75, 3.05) is 9.80 Å². The Morgan fingerprint density at radius 3 is 1.07 bits per heavy atom. The van der Waals surface area contributed by atoms with Gasteiger partial charge in [0.25, 0.3) is 0 Å². The molecule has 0 unspecified atom stereocenters. The van der Waals surface area contributed by atoms with Gasteiger partial charge in [-0.3, -0.25) is 0 Å². The Hall–Kier alpha value is -7.30. The Morgan fingerprint density at radius 1 is 0.300 bits per heavy atom. The molecule has 0 aliphatic heterocycles. The molecule has 4 nitrogen and oxygen atoms in total. The zero-order valence-corrected chi connectivity index (χ0v) is 34.7. The standard InChI is InChI=1S/C56H44N2O2/c1-33-19-34(2)22-45(21-33)57(51-13-9-7-11-37(51)5)43-17-15-39-27-47-49-31-56-50(32-55(49)59-53(47)29-41(39)25-43)48-28-40-16-18-44(26-42(40)30-54(48)60-56)58(52-14-10-8-12-38(52)6)46-23-35(3)20-36(4)24-46/h7-32H,1-6H3. The quantitative estimate of drug-likeness (QED) is 0.168. The number of nitrogens with zero attached hydrogens (tertiary/aromatic N) is 2. The van der Waals surface area contributed by atoms with Crippen LogP contribution in [0.2, 0.25) is 0 Å². The van der Waals surface area contributed by atoms with Crippen LogP contribution in [0.15, 0.2) is 167 Å². The van der Waals surface area contributed by atoms with Crippen molar-refractivity contribution < 1.29 is 8.83 Å². The molecule has 0 fully saturated rings. The molecule has 0 bridgehead atoms. The molecule has 11 aromatic rings. The van der Waals surface area contributed by atoms with Crippen molar-refractivity contribution in [2.24, 2.45) is 0 Å². The smallest absolute Gasteiger partial charge is 0.136 e. The maximum atomic E-state index is 6.69. The van der Waals surface area contributed by atoms with E-state index in [4.69, 9.17) is 8.83 Å². The molecule has 2 heterocycles. The number of anilines is 6. The third-order valence-electron chi connectivity index (χ3n) is 12.1. The predicted octanol–water partition coefficient (Wildman–Crippen LogP) is 16.6. The van der Waals surface area contributed by atoms with Gasteiger partial charge >= 0.3 is 0 Å². The van der Waals surface area contributed by atoms with E-state index in [2.05, 4.69) is 209 Å². The summed E-state index contributed by atoms with van der Waals surface area (Å²) in [6, 6.07) is 57.4. The van der Waals surface area contributed by atoms with Crippen LogP contribution in [0, 0.1) is 41.5 Å². The van der Waals surface area contributed by atoms with Gasteiger partial charge in [0.2, 0.25) is 0 Å². The topological polar surface area (TPSA) is 32.8 Å². The number of benzene rings is 9. The second-order valence-corrected chi connectivity index (χ2v) is 16.7. The van der Waals surface area contributed by atoms with Gasteiger partial charge in [0.1, 0.15) is 22.3 Å². The fraction of sp³-hybridized carbons (Fsp3) is 0.107. The summed E-state index contributed by atoms with van der Waals surface area (Å²) < 4.78 is 13.4. The molecule has 0 amide bonds. The molecule has 290 valence electrons. The first-order valence-corrected chi connectivity index (χ1v) is 20.7. The first-order chi connectivity index (χ1) is 29.1. The fourth-order valence-electron chi connectivity index (χ4n) is 9.43.